The number of carbonyl (C=O) groups is 1. The van der Waals surface area contributed by atoms with Gasteiger partial charge < -0.3 is 9.84 Å². The molecule has 0 radical (unpaired) electrons. The van der Waals surface area contributed by atoms with Crippen LogP contribution in [0.25, 0.3) is 6.08 Å². The van der Waals surface area contributed by atoms with E-state index in [-0.39, 0.29) is 0 Å². The molecule has 1 aromatic rings. The van der Waals surface area contributed by atoms with Gasteiger partial charge in [-0.15, -0.1) is 11.3 Å². The molecule has 0 saturated carbocycles. The Morgan fingerprint density at radius 2 is 2.30 bits per heavy atom. The summed E-state index contributed by atoms with van der Waals surface area (Å²) in [5, 5.41) is 10.6. The van der Waals surface area contributed by atoms with Crippen LogP contribution in [0.4, 0.5) is 0 Å². The van der Waals surface area contributed by atoms with E-state index < -0.39 is 5.97 Å². The summed E-state index contributed by atoms with van der Waals surface area (Å²) in [7, 11) is 0. The molecule has 1 heterocycles. The van der Waals surface area contributed by atoms with Gasteiger partial charge in [0.05, 0.1) is 6.61 Å². The second-order valence-electron chi connectivity index (χ2n) is 4.90. The van der Waals surface area contributed by atoms with Gasteiger partial charge in [0.15, 0.2) is 0 Å². The van der Waals surface area contributed by atoms with E-state index >= 15 is 0 Å². The third-order valence-corrected chi connectivity index (χ3v) is 4.23. The topological polar surface area (TPSA) is 46.5 Å². The molecule has 0 fully saturated rings. The average Bonchev–Trinajstić information content (AvgIpc) is 2.87. The standard InChI is InChI=1S/C16H24O3S/c1-3-5-6-13(4-2)11-19-12-15-14(9-10-20-15)7-8-16(17)18/h7-10,13H,3-6,11-12H2,1-2H3,(H,17,18). The minimum atomic E-state index is -0.923. The molecule has 0 aromatic carbocycles. The summed E-state index contributed by atoms with van der Waals surface area (Å²) in [5.74, 6) is -0.290. The first-order chi connectivity index (χ1) is 9.67. The van der Waals surface area contributed by atoms with Crippen LogP contribution in [0.15, 0.2) is 17.5 Å². The fourth-order valence-electron chi connectivity index (χ4n) is 1.99. The summed E-state index contributed by atoms with van der Waals surface area (Å²) >= 11 is 1.61. The summed E-state index contributed by atoms with van der Waals surface area (Å²) < 4.78 is 5.80. The van der Waals surface area contributed by atoms with Crippen molar-refractivity contribution in [2.75, 3.05) is 6.61 Å². The number of rotatable bonds is 10. The molecule has 3 nitrogen and oxygen atoms in total. The van der Waals surface area contributed by atoms with Gasteiger partial charge in [-0.3, -0.25) is 0 Å². The van der Waals surface area contributed by atoms with Crippen LogP contribution < -0.4 is 0 Å². The minimum absolute atomic E-state index is 0.569. The largest absolute Gasteiger partial charge is 0.478 e. The number of carboxylic acids is 1. The van der Waals surface area contributed by atoms with Crippen LogP contribution in [0.1, 0.15) is 50.0 Å². The zero-order chi connectivity index (χ0) is 14.8. The van der Waals surface area contributed by atoms with Gasteiger partial charge in [0.2, 0.25) is 0 Å². The van der Waals surface area contributed by atoms with Crippen molar-refractivity contribution in [3.63, 3.8) is 0 Å². The van der Waals surface area contributed by atoms with Gasteiger partial charge in [-0.25, -0.2) is 4.79 Å². The zero-order valence-corrected chi connectivity index (χ0v) is 13.1. The van der Waals surface area contributed by atoms with Crippen LogP contribution >= 0.6 is 11.3 Å². The van der Waals surface area contributed by atoms with Crippen molar-refractivity contribution in [2.24, 2.45) is 5.92 Å². The van der Waals surface area contributed by atoms with Crippen molar-refractivity contribution in [3.05, 3.63) is 28.0 Å². The number of thiophene rings is 1. The molecule has 112 valence electrons. The summed E-state index contributed by atoms with van der Waals surface area (Å²) in [4.78, 5) is 11.6. The van der Waals surface area contributed by atoms with Gasteiger partial charge in [0, 0.05) is 17.6 Å². The van der Waals surface area contributed by atoms with E-state index in [0.29, 0.717) is 12.5 Å². The lowest BCUT2D eigenvalue weighted by atomic mass is 10.0. The average molecular weight is 296 g/mol. The molecule has 1 atom stereocenters. The smallest absolute Gasteiger partial charge is 0.328 e. The Kier molecular flexibility index (Phi) is 8.23. The maximum Gasteiger partial charge on any atom is 0.328 e. The Morgan fingerprint density at radius 3 is 2.95 bits per heavy atom. The Hall–Kier alpha value is -1.13. The predicted octanol–water partition coefficient (Wildman–Crippen LogP) is 4.58. The molecular weight excluding hydrogens is 272 g/mol. The van der Waals surface area contributed by atoms with E-state index in [2.05, 4.69) is 13.8 Å². The molecule has 0 amide bonds. The van der Waals surface area contributed by atoms with E-state index in [1.54, 1.807) is 17.4 Å². The van der Waals surface area contributed by atoms with E-state index in [4.69, 9.17) is 9.84 Å². The Balaban J connectivity index is 2.41. The molecule has 0 saturated heterocycles. The van der Waals surface area contributed by atoms with Crippen molar-refractivity contribution in [2.45, 2.75) is 46.1 Å². The van der Waals surface area contributed by atoms with Crippen molar-refractivity contribution in [1.29, 1.82) is 0 Å². The number of ether oxygens (including phenoxy) is 1. The Bertz CT molecular complexity index is 423. The molecule has 0 spiro atoms. The lowest BCUT2D eigenvalue weighted by Crippen LogP contribution is -2.08. The highest BCUT2D eigenvalue weighted by atomic mass is 32.1. The van der Waals surface area contributed by atoms with Gasteiger partial charge >= 0.3 is 5.97 Å². The van der Waals surface area contributed by atoms with Crippen LogP contribution in [0.2, 0.25) is 0 Å². The first-order valence-corrected chi connectivity index (χ1v) is 8.10. The van der Waals surface area contributed by atoms with Crippen LogP contribution in [-0.2, 0) is 16.1 Å². The van der Waals surface area contributed by atoms with Crippen molar-refractivity contribution in [3.8, 4) is 0 Å². The van der Waals surface area contributed by atoms with Gasteiger partial charge in [-0.05, 0) is 35.4 Å². The fraction of sp³-hybridized carbons (Fsp3) is 0.562. The monoisotopic (exact) mass is 296 g/mol. The van der Waals surface area contributed by atoms with Crippen molar-refractivity contribution in [1.82, 2.24) is 0 Å². The number of hydrogen-bond acceptors (Lipinski definition) is 3. The summed E-state index contributed by atoms with van der Waals surface area (Å²) in [6.07, 6.45) is 7.66. The second-order valence-corrected chi connectivity index (χ2v) is 5.90. The highest BCUT2D eigenvalue weighted by Gasteiger charge is 2.07. The van der Waals surface area contributed by atoms with E-state index in [9.17, 15) is 4.79 Å². The van der Waals surface area contributed by atoms with E-state index in [1.807, 2.05) is 11.4 Å². The SMILES string of the molecule is CCCCC(CC)COCc1sccc1C=CC(=O)O. The number of carboxylic acid groups (broad SMARTS) is 1. The predicted molar refractivity (Wildman–Crippen MR) is 84.0 cm³/mol. The zero-order valence-electron chi connectivity index (χ0n) is 12.3. The quantitative estimate of drug-likeness (QED) is 0.643. The summed E-state index contributed by atoms with van der Waals surface area (Å²) in [6.45, 7) is 5.77. The van der Waals surface area contributed by atoms with Gasteiger partial charge in [-0.2, -0.15) is 0 Å². The first-order valence-electron chi connectivity index (χ1n) is 7.22. The molecular formula is C16H24O3S. The van der Waals surface area contributed by atoms with Crippen LogP contribution in [0.3, 0.4) is 0 Å². The number of unbranched alkanes of at least 4 members (excludes halogenated alkanes) is 1. The molecule has 0 bridgehead atoms. The summed E-state index contributed by atoms with van der Waals surface area (Å²) in [6, 6.07) is 1.93. The molecule has 1 aromatic heterocycles. The molecule has 1 rings (SSSR count). The van der Waals surface area contributed by atoms with Gasteiger partial charge in [-0.1, -0.05) is 33.1 Å². The molecule has 0 aliphatic heterocycles. The molecule has 0 aliphatic rings. The highest BCUT2D eigenvalue weighted by Crippen LogP contribution is 2.20. The molecule has 1 unspecified atom stereocenters. The van der Waals surface area contributed by atoms with Crippen LogP contribution in [0, 0.1) is 5.92 Å². The minimum Gasteiger partial charge on any atom is -0.478 e. The van der Waals surface area contributed by atoms with E-state index in [1.165, 1.54) is 25.3 Å². The van der Waals surface area contributed by atoms with E-state index in [0.717, 1.165) is 23.5 Å². The fourth-order valence-corrected chi connectivity index (χ4v) is 2.80. The van der Waals surface area contributed by atoms with Crippen LogP contribution in [-0.4, -0.2) is 17.7 Å². The second kappa shape index (κ2) is 9.72. The lowest BCUT2D eigenvalue weighted by Gasteiger charge is -2.14. The molecule has 1 N–H and O–H groups in total. The van der Waals surface area contributed by atoms with Crippen molar-refractivity contribution >= 4 is 23.4 Å². The summed E-state index contributed by atoms with van der Waals surface area (Å²) in [5.41, 5.74) is 0.944. The molecule has 4 heteroatoms. The normalized spacial score (nSPS) is 12.9. The number of hydrogen-bond donors (Lipinski definition) is 1. The number of aliphatic carboxylic acids is 1. The maximum atomic E-state index is 10.5. The maximum absolute atomic E-state index is 10.5. The highest BCUT2D eigenvalue weighted by molar-refractivity contribution is 7.10. The Morgan fingerprint density at radius 1 is 1.50 bits per heavy atom. The Labute approximate surface area is 125 Å². The van der Waals surface area contributed by atoms with Crippen LogP contribution in [0.5, 0.6) is 0 Å². The lowest BCUT2D eigenvalue weighted by molar-refractivity contribution is -0.131. The first kappa shape index (κ1) is 16.9. The molecule has 0 aliphatic carbocycles. The van der Waals surface area contributed by atoms with Gasteiger partial charge in [0.1, 0.15) is 0 Å². The molecule has 20 heavy (non-hydrogen) atoms. The third kappa shape index (κ3) is 6.35. The third-order valence-electron chi connectivity index (χ3n) is 3.32. The van der Waals surface area contributed by atoms with Crippen molar-refractivity contribution < 1.29 is 14.6 Å². The van der Waals surface area contributed by atoms with Gasteiger partial charge in [0.25, 0.3) is 0 Å².